The number of hydrogen-bond donors (Lipinski definition) is 3. The molecule has 1 atom stereocenters. The fourth-order valence-corrected chi connectivity index (χ4v) is 3.49. The molecule has 29 heavy (non-hydrogen) atoms. The Balaban J connectivity index is 1.93. The van der Waals surface area contributed by atoms with Gasteiger partial charge in [-0.25, -0.2) is 13.6 Å². The number of carbonyl (C=O) groups excluding carboxylic acids is 2. The lowest BCUT2D eigenvalue weighted by Crippen LogP contribution is -2.43. The molecule has 4 N–H and O–H groups in total. The molecule has 1 unspecified atom stereocenters. The second-order valence-electron chi connectivity index (χ2n) is 6.66. The number of sulfonamides is 1. The van der Waals surface area contributed by atoms with E-state index in [2.05, 4.69) is 26.6 Å². The molecule has 0 aliphatic rings. The van der Waals surface area contributed by atoms with Gasteiger partial charge < -0.3 is 10.6 Å². The van der Waals surface area contributed by atoms with E-state index < -0.39 is 16.1 Å². The molecule has 0 fully saturated rings. The average Bonchev–Trinajstić information content (AvgIpc) is 2.63. The van der Waals surface area contributed by atoms with Gasteiger partial charge in [-0.15, -0.1) is 0 Å². The van der Waals surface area contributed by atoms with Gasteiger partial charge in [-0.1, -0.05) is 15.9 Å². The summed E-state index contributed by atoms with van der Waals surface area (Å²) in [4.78, 5) is 26.3. The first-order valence-electron chi connectivity index (χ1n) is 8.67. The van der Waals surface area contributed by atoms with E-state index >= 15 is 0 Å². The van der Waals surface area contributed by atoms with Crippen LogP contribution in [0.2, 0.25) is 0 Å². The summed E-state index contributed by atoms with van der Waals surface area (Å²) in [5.41, 5.74) is 2.06. The Morgan fingerprint density at radius 1 is 1.14 bits per heavy atom. The van der Waals surface area contributed by atoms with Crippen LogP contribution in [0.5, 0.6) is 0 Å². The molecule has 0 aliphatic carbocycles. The maximum atomic E-state index is 12.4. The van der Waals surface area contributed by atoms with E-state index in [1.54, 1.807) is 24.9 Å². The first kappa shape index (κ1) is 23.0. The molecule has 2 aromatic rings. The number of benzene rings is 2. The highest BCUT2D eigenvalue weighted by atomic mass is 79.9. The van der Waals surface area contributed by atoms with Gasteiger partial charge in [0.1, 0.15) is 0 Å². The highest BCUT2D eigenvalue weighted by Gasteiger charge is 2.21. The summed E-state index contributed by atoms with van der Waals surface area (Å²) >= 11 is 3.38. The third kappa shape index (κ3) is 6.64. The zero-order valence-electron chi connectivity index (χ0n) is 16.3. The summed E-state index contributed by atoms with van der Waals surface area (Å²) in [6, 6.07) is 10.5. The zero-order chi connectivity index (χ0) is 21.8. The van der Waals surface area contributed by atoms with E-state index in [-0.39, 0.29) is 23.3 Å². The van der Waals surface area contributed by atoms with E-state index in [0.717, 1.165) is 10.0 Å². The number of nitrogens with zero attached hydrogens (tertiary/aromatic N) is 1. The number of nitrogens with two attached hydrogens (primary N) is 1. The molecule has 156 valence electrons. The Morgan fingerprint density at radius 3 is 2.31 bits per heavy atom. The maximum Gasteiger partial charge on any atom is 0.241 e. The SMILES string of the molecule is Cc1cc(Br)ccc1NC(=O)CN(C)C(C)C(=O)Nc1ccc(S(N)(=O)=O)cc1. The molecule has 10 heteroatoms. The summed E-state index contributed by atoms with van der Waals surface area (Å²) < 4.78 is 23.5. The number of halogens is 1. The van der Waals surface area contributed by atoms with Crippen LogP contribution in [-0.4, -0.2) is 44.8 Å². The number of nitrogens with one attached hydrogen (secondary N) is 2. The van der Waals surface area contributed by atoms with Gasteiger partial charge in [0.2, 0.25) is 21.8 Å². The van der Waals surface area contributed by atoms with E-state index in [1.165, 1.54) is 24.3 Å². The first-order valence-corrected chi connectivity index (χ1v) is 11.0. The zero-order valence-corrected chi connectivity index (χ0v) is 18.7. The third-order valence-corrected chi connectivity index (χ3v) is 5.77. The van der Waals surface area contributed by atoms with Gasteiger partial charge in [-0.05, 0) is 68.9 Å². The van der Waals surface area contributed by atoms with Crippen LogP contribution in [0.25, 0.3) is 0 Å². The molecule has 0 aliphatic heterocycles. The predicted octanol–water partition coefficient (Wildman–Crippen LogP) is 2.30. The highest BCUT2D eigenvalue weighted by molar-refractivity contribution is 9.10. The average molecular weight is 483 g/mol. The number of rotatable bonds is 7. The van der Waals surface area contributed by atoms with Crippen LogP contribution >= 0.6 is 15.9 Å². The Labute approximate surface area is 178 Å². The summed E-state index contributed by atoms with van der Waals surface area (Å²) in [6.45, 7) is 3.59. The molecule has 0 bridgehead atoms. The molecule has 0 radical (unpaired) electrons. The quantitative estimate of drug-likeness (QED) is 0.558. The molecule has 2 amide bonds. The molecule has 0 spiro atoms. The van der Waals surface area contributed by atoms with Crippen molar-refractivity contribution in [3.63, 3.8) is 0 Å². The molecule has 8 nitrogen and oxygen atoms in total. The largest absolute Gasteiger partial charge is 0.325 e. The molecular formula is C19H23BrN4O4S. The number of likely N-dealkylation sites (N-methyl/N-ethyl adjacent to an activating group) is 1. The molecule has 2 rings (SSSR count). The van der Waals surface area contributed by atoms with Crippen molar-refractivity contribution >= 4 is 49.1 Å². The van der Waals surface area contributed by atoms with Crippen LogP contribution in [-0.2, 0) is 19.6 Å². The number of amides is 2. The van der Waals surface area contributed by atoms with Crippen LogP contribution in [0, 0.1) is 6.92 Å². The summed E-state index contributed by atoms with van der Waals surface area (Å²) in [5.74, 6) is -0.571. The van der Waals surface area contributed by atoms with Crippen LogP contribution in [0.4, 0.5) is 11.4 Å². The van der Waals surface area contributed by atoms with Crippen molar-refractivity contribution in [2.75, 3.05) is 24.2 Å². The van der Waals surface area contributed by atoms with Crippen molar-refractivity contribution in [3.8, 4) is 0 Å². The summed E-state index contributed by atoms with van der Waals surface area (Å²) in [7, 11) is -2.12. The summed E-state index contributed by atoms with van der Waals surface area (Å²) in [6.07, 6.45) is 0. The van der Waals surface area contributed by atoms with Gasteiger partial charge in [0.25, 0.3) is 0 Å². The fourth-order valence-electron chi connectivity index (χ4n) is 2.50. The van der Waals surface area contributed by atoms with Crippen LogP contribution < -0.4 is 15.8 Å². The second-order valence-corrected chi connectivity index (χ2v) is 9.13. The molecule has 0 aromatic heterocycles. The van der Waals surface area contributed by atoms with Crippen LogP contribution in [0.15, 0.2) is 51.8 Å². The van der Waals surface area contributed by atoms with Gasteiger partial charge in [-0.3, -0.25) is 14.5 Å². The molecule has 0 saturated heterocycles. The minimum Gasteiger partial charge on any atom is -0.325 e. The molecule has 0 heterocycles. The van der Waals surface area contributed by atoms with Crippen molar-refractivity contribution in [1.29, 1.82) is 0 Å². The molecular weight excluding hydrogens is 460 g/mol. The topological polar surface area (TPSA) is 122 Å². The maximum absolute atomic E-state index is 12.4. The Morgan fingerprint density at radius 2 is 1.76 bits per heavy atom. The number of anilines is 2. The van der Waals surface area contributed by atoms with Gasteiger partial charge in [0.05, 0.1) is 17.5 Å². The lowest BCUT2D eigenvalue weighted by Gasteiger charge is -2.23. The third-order valence-electron chi connectivity index (χ3n) is 4.35. The van der Waals surface area contributed by atoms with Crippen molar-refractivity contribution in [2.24, 2.45) is 5.14 Å². The van der Waals surface area contributed by atoms with E-state index in [0.29, 0.717) is 11.4 Å². The number of carbonyl (C=O) groups is 2. The Kier molecular flexibility index (Phi) is 7.53. The van der Waals surface area contributed by atoms with Crippen molar-refractivity contribution in [2.45, 2.75) is 24.8 Å². The standard InChI is InChI=1S/C19H23BrN4O4S/c1-12-10-14(20)4-9-17(12)23-18(25)11-24(3)13(2)19(26)22-15-5-7-16(8-6-15)29(21,27)28/h4-10,13H,11H2,1-3H3,(H,22,26)(H,23,25)(H2,21,27,28). The minimum absolute atomic E-state index is 0.0223. The van der Waals surface area contributed by atoms with Gasteiger partial charge >= 0.3 is 0 Å². The summed E-state index contributed by atoms with van der Waals surface area (Å²) in [5, 5.41) is 10.6. The van der Waals surface area contributed by atoms with E-state index in [9.17, 15) is 18.0 Å². The number of primary sulfonamides is 1. The van der Waals surface area contributed by atoms with E-state index in [4.69, 9.17) is 5.14 Å². The monoisotopic (exact) mass is 482 g/mol. The van der Waals surface area contributed by atoms with Crippen molar-refractivity contribution in [3.05, 3.63) is 52.5 Å². The Hall–Kier alpha value is -2.27. The van der Waals surface area contributed by atoms with Crippen molar-refractivity contribution < 1.29 is 18.0 Å². The molecule has 2 aromatic carbocycles. The van der Waals surface area contributed by atoms with E-state index in [1.807, 2.05) is 19.1 Å². The van der Waals surface area contributed by atoms with Crippen molar-refractivity contribution in [1.82, 2.24) is 4.90 Å². The van der Waals surface area contributed by atoms with Gasteiger partial charge in [-0.2, -0.15) is 0 Å². The lowest BCUT2D eigenvalue weighted by molar-refractivity contribution is -0.122. The number of aryl methyl sites for hydroxylation is 1. The van der Waals surface area contributed by atoms with Gasteiger partial charge in [0.15, 0.2) is 0 Å². The first-order chi connectivity index (χ1) is 13.5. The minimum atomic E-state index is -3.79. The predicted molar refractivity (Wildman–Crippen MR) is 116 cm³/mol. The van der Waals surface area contributed by atoms with Crippen LogP contribution in [0.3, 0.4) is 0 Å². The van der Waals surface area contributed by atoms with Gasteiger partial charge in [0, 0.05) is 15.8 Å². The Bertz CT molecular complexity index is 1010. The molecule has 0 saturated carbocycles. The normalized spacial score (nSPS) is 12.5. The second kappa shape index (κ2) is 9.49. The highest BCUT2D eigenvalue weighted by Crippen LogP contribution is 2.20. The fraction of sp³-hybridized carbons (Fsp3) is 0.263. The number of hydrogen-bond acceptors (Lipinski definition) is 5. The lowest BCUT2D eigenvalue weighted by atomic mass is 10.2. The smallest absolute Gasteiger partial charge is 0.241 e. The van der Waals surface area contributed by atoms with Crippen LogP contribution in [0.1, 0.15) is 12.5 Å².